The summed E-state index contributed by atoms with van der Waals surface area (Å²) in [5.41, 5.74) is 1.04. The summed E-state index contributed by atoms with van der Waals surface area (Å²) in [7, 11) is 0. The van der Waals surface area contributed by atoms with Gasteiger partial charge in [0.2, 0.25) is 5.91 Å². The number of aromatic nitrogens is 3. The Labute approximate surface area is 121 Å². The molecule has 2 aromatic rings. The van der Waals surface area contributed by atoms with Crippen LogP contribution < -0.4 is 5.32 Å². The van der Waals surface area contributed by atoms with E-state index in [1.54, 1.807) is 6.20 Å². The fourth-order valence-corrected chi connectivity index (χ4v) is 1.92. The van der Waals surface area contributed by atoms with Crippen molar-refractivity contribution in [1.29, 1.82) is 0 Å². The molecule has 1 amide bonds. The monoisotopic (exact) mass is 288 g/mol. The van der Waals surface area contributed by atoms with E-state index in [9.17, 15) is 14.7 Å². The van der Waals surface area contributed by atoms with Crippen molar-refractivity contribution in [2.24, 2.45) is 0 Å². The minimum Gasteiger partial charge on any atom is -0.480 e. The van der Waals surface area contributed by atoms with Crippen LogP contribution >= 0.6 is 0 Å². The van der Waals surface area contributed by atoms with Crippen LogP contribution in [0.3, 0.4) is 0 Å². The highest BCUT2D eigenvalue weighted by atomic mass is 16.4. The molecule has 1 heterocycles. The third-order valence-corrected chi connectivity index (χ3v) is 2.98. The Hall–Kier alpha value is -2.70. The van der Waals surface area contributed by atoms with Crippen LogP contribution in [0.25, 0.3) is 0 Å². The van der Waals surface area contributed by atoms with Crippen LogP contribution in [0.1, 0.15) is 12.0 Å². The summed E-state index contributed by atoms with van der Waals surface area (Å²) in [6.45, 7) is -0.0465. The second kappa shape index (κ2) is 7.18. The molecule has 0 bridgehead atoms. The maximum atomic E-state index is 11.8. The van der Waals surface area contributed by atoms with E-state index in [1.807, 2.05) is 30.3 Å². The fraction of sp³-hybridized carbons (Fsp3) is 0.286. The van der Waals surface area contributed by atoms with Crippen LogP contribution in [0.2, 0.25) is 0 Å². The molecule has 1 atom stereocenters. The highest BCUT2D eigenvalue weighted by molar-refractivity contribution is 5.83. The van der Waals surface area contributed by atoms with E-state index >= 15 is 0 Å². The maximum absolute atomic E-state index is 11.8. The number of hydrogen-bond acceptors (Lipinski definition) is 4. The second-order valence-electron chi connectivity index (χ2n) is 4.58. The van der Waals surface area contributed by atoms with Crippen LogP contribution in [0.5, 0.6) is 0 Å². The van der Waals surface area contributed by atoms with Crippen LogP contribution in [-0.4, -0.2) is 38.0 Å². The van der Waals surface area contributed by atoms with Gasteiger partial charge in [-0.1, -0.05) is 35.5 Å². The molecule has 0 fully saturated rings. The molecule has 7 nitrogen and oxygen atoms in total. The van der Waals surface area contributed by atoms with E-state index in [-0.39, 0.29) is 6.54 Å². The van der Waals surface area contributed by atoms with E-state index in [2.05, 4.69) is 15.6 Å². The number of hydrogen-bond donors (Lipinski definition) is 2. The molecule has 7 heteroatoms. The van der Waals surface area contributed by atoms with Crippen molar-refractivity contribution in [3.05, 3.63) is 48.3 Å². The van der Waals surface area contributed by atoms with E-state index < -0.39 is 17.9 Å². The van der Waals surface area contributed by atoms with Gasteiger partial charge in [0.15, 0.2) is 0 Å². The lowest BCUT2D eigenvalue weighted by Gasteiger charge is -2.14. The molecule has 0 aliphatic heterocycles. The molecule has 110 valence electrons. The van der Waals surface area contributed by atoms with Gasteiger partial charge >= 0.3 is 5.97 Å². The molecule has 0 radical (unpaired) electrons. The molecule has 0 saturated heterocycles. The number of nitrogens with zero attached hydrogens (tertiary/aromatic N) is 3. The Kier molecular flexibility index (Phi) is 5.03. The van der Waals surface area contributed by atoms with Gasteiger partial charge in [0, 0.05) is 6.20 Å². The summed E-state index contributed by atoms with van der Waals surface area (Å²) in [5.74, 6) is -1.45. The third kappa shape index (κ3) is 4.72. The van der Waals surface area contributed by atoms with Crippen LogP contribution in [0.4, 0.5) is 0 Å². The number of aliphatic carboxylic acids is 1. The normalized spacial score (nSPS) is 11.8. The number of carboxylic acid groups (broad SMARTS) is 1. The lowest BCUT2D eigenvalue weighted by atomic mass is 10.1. The van der Waals surface area contributed by atoms with E-state index in [1.165, 1.54) is 10.9 Å². The predicted octanol–water partition coefficient (Wildman–Crippen LogP) is 0.480. The van der Waals surface area contributed by atoms with Gasteiger partial charge in [0.05, 0.1) is 6.20 Å². The highest BCUT2D eigenvalue weighted by Gasteiger charge is 2.19. The Bertz CT molecular complexity index is 584. The molecular formula is C14H16N4O3. The van der Waals surface area contributed by atoms with Gasteiger partial charge < -0.3 is 10.4 Å². The topological polar surface area (TPSA) is 97.1 Å². The number of carboxylic acids is 1. The molecule has 1 aromatic carbocycles. The zero-order valence-electron chi connectivity index (χ0n) is 11.3. The minimum atomic E-state index is -1.04. The molecule has 0 saturated carbocycles. The molecule has 2 rings (SSSR count). The van der Waals surface area contributed by atoms with Crippen molar-refractivity contribution in [2.45, 2.75) is 25.4 Å². The molecule has 1 unspecified atom stereocenters. The zero-order chi connectivity index (χ0) is 15.1. The summed E-state index contributed by atoms with van der Waals surface area (Å²) in [4.78, 5) is 23.0. The molecule has 21 heavy (non-hydrogen) atoms. The first kappa shape index (κ1) is 14.7. The van der Waals surface area contributed by atoms with Gasteiger partial charge in [-0.15, -0.1) is 5.10 Å². The first-order chi connectivity index (χ1) is 10.1. The summed E-state index contributed by atoms with van der Waals surface area (Å²) < 4.78 is 1.34. The van der Waals surface area contributed by atoms with Crippen molar-refractivity contribution in [3.63, 3.8) is 0 Å². The summed E-state index contributed by atoms with van der Waals surface area (Å²) in [5, 5.41) is 18.9. The van der Waals surface area contributed by atoms with E-state index in [0.29, 0.717) is 12.8 Å². The zero-order valence-corrected chi connectivity index (χ0v) is 11.3. The number of amides is 1. The Morgan fingerprint density at radius 2 is 2.05 bits per heavy atom. The van der Waals surface area contributed by atoms with E-state index in [4.69, 9.17) is 0 Å². The van der Waals surface area contributed by atoms with Crippen LogP contribution in [0.15, 0.2) is 42.7 Å². The lowest BCUT2D eigenvalue weighted by Crippen LogP contribution is -2.42. The Morgan fingerprint density at radius 1 is 1.29 bits per heavy atom. The van der Waals surface area contributed by atoms with Crippen molar-refractivity contribution >= 4 is 11.9 Å². The number of aryl methyl sites for hydroxylation is 1. The molecule has 0 aliphatic carbocycles. The summed E-state index contributed by atoms with van der Waals surface area (Å²) in [6.07, 6.45) is 3.92. The number of carbonyl (C=O) groups is 2. The van der Waals surface area contributed by atoms with Crippen molar-refractivity contribution in [3.8, 4) is 0 Å². The standard InChI is InChI=1S/C14H16N4O3/c19-13(10-18-9-8-15-17-18)16-12(14(20)21)7-6-11-4-2-1-3-5-11/h1-5,8-9,12H,6-7,10H2,(H,16,19)(H,20,21). The van der Waals surface area contributed by atoms with Gasteiger partial charge in [0.25, 0.3) is 0 Å². The molecule has 0 aliphatic rings. The lowest BCUT2D eigenvalue weighted by molar-refractivity contribution is -0.142. The number of rotatable bonds is 7. The number of benzene rings is 1. The van der Waals surface area contributed by atoms with Crippen LogP contribution in [-0.2, 0) is 22.6 Å². The molecule has 2 N–H and O–H groups in total. The second-order valence-corrected chi connectivity index (χ2v) is 4.58. The summed E-state index contributed by atoms with van der Waals surface area (Å²) >= 11 is 0. The van der Waals surface area contributed by atoms with Crippen LogP contribution in [0, 0.1) is 0 Å². The number of carbonyl (C=O) groups excluding carboxylic acids is 1. The first-order valence-electron chi connectivity index (χ1n) is 6.55. The highest BCUT2D eigenvalue weighted by Crippen LogP contribution is 2.05. The Morgan fingerprint density at radius 3 is 2.67 bits per heavy atom. The largest absolute Gasteiger partial charge is 0.480 e. The van der Waals surface area contributed by atoms with Gasteiger partial charge in [-0.3, -0.25) is 4.79 Å². The van der Waals surface area contributed by atoms with E-state index in [0.717, 1.165) is 5.56 Å². The maximum Gasteiger partial charge on any atom is 0.326 e. The molecule has 1 aromatic heterocycles. The number of nitrogens with one attached hydrogen (secondary N) is 1. The smallest absolute Gasteiger partial charge is 0.326 e. The quantitative estimate of drug-likeness (QED) is 0.772. The van der Waals surface area contributed by atoms with Crippen molar-refractivity contribution in [2.75, 3.05) is 0 Å². The van der Waals surface area contributed by atoms with Gasteiger partial charge in [-0.2, -0.15) is 0 Å². The SMILES string of the molecule is O=C(Cn1ccnn1)NC(CCc1ccccc1)C(=O)O. The van der Waals surface area contributed by atoms with Gasteiger partial charge in [0.1, 0.15) is 12.6 Å². The average Bonchev–Trinajstić information content (AvgIpc) is 2.97. The molecular weight excluding hydrogens is 272 g/mol. The van der Waals surface area contributed by atoms with Gasteiger partial charge in [-0.25, -0.2) is 9.48 Å². The minimum absolute atomic E-state index is 0.0465. The first-order valence-corrected chi connectivity index (χ1v) is 6.55. The average molecular weight is 288 g/mol. The van der Waals surface area contributed by atoms with Gasteiger partial charge in [-0.05, 0) is 18.4 Å². The Balaban J connectivity index is 1.87. The van der Waals surface area contributed by atoms with Crippen molar-refractivity contribution < 1.29 is 14.7 Å². The fourth-order valence-electron chi connectivity index (χ4n) is 1.92. The predicted molar refractivity (Wildman–Crippen MR) is 74.4 cm³/mol. The van der Waals surface area contributed by atoms with Crippen molar-refractivity contribution in [1.82, 2.24) is 20.3 Å². The third-order valence-electron chi connectivity index (χ3n) is 2.98. The summed E-state index contributed by atoms with van der Waals surface area (Å²) in [6, 6.07) is 8.63. The molecule has 0 spiro atoms.